The Labute approximate surface area is 360 Å². The van der Waals surface area contributed by atoms with Crippen molar-refractivity contribution in [3.63, 3.8) is 0 Å². The zero-order valence-corrected chi connectivity index (χ0v) is 38.3. The second-order valence-electron chi connectivity index (χ2n) is 11.7. The average molecular weight is 1100 g/mol. The third-order valence-electron chi connectivity index (χ3n) is 7.91. The topological polar surface area (TPSA) is 492 Å². The Bertz CT molecular complexity index is 2430. The second-order valence-corrected chi connectivity index (χ2v) is 21.5. The monoisotopic (exact) mass is 1090 g/mol. The summed E-state index contributed by atoms with van der Waals surface area (Å²) in [7, 11) is -41.6. The molecule has 0 aliphatic carbocycles. The molecule has 2 rings (SSSR count). The van der Waals surface area contributed by atoms with Crippen molar-refractivity contribution >= 4 is 83.2 Å². The van der Waals surface area contributed by atoms with Crippen molar-refractivity contribution in [2.24, 2.45) is 17.8 Å². The molecule has 2 aliphatic rings. The molecule has 4 N–H and O–H groups in total. The van der Waals surface area contributed by atoms with Gasteiger partial charge in [-0.3, -0.25) is 34.9 Å². The highest BCUT2D eigenvalue weighted by molar-refractivity contribution is 7.83. The molecule has 0 amide bonds. The molecule has 0 radical (unpaired) electrons. The largest absolute Gasteiger partial charge is 0.400 e. The van der Waals surface area contributed by atoms with Gasteiger partial charge in [0, 0.05) is 17.8 Å². The van der Waals surface area contributed by atoms with Gasteiger partial charge in [-0.25, -0.2) is 33.5 Å². The first-order chi connectivity index (χ1) is 28.4. The molecule has 2 aliphatic heterocycles. The minimum atomic E-state index is -5.65. The van der Waals surface area contributed by atoms with Gasteiger partial charge >= 0.3 is 83.2 Å². The first kappa shape index (κ1) is 58.0. The number of ether oxygens (including phenoxy) is 3. The summed E-state index contributed by atoms with van der Waals surface area (Å²) in [5.74, 6) is -9.99. The Morgan fingerprint density at radius 3 is 1.37 bits per heavy atom. The lowest BCUT2D eigenvalue weighted by atomic mass is 9.76. The van der Waals surface area contributed by atoms with Crippen molar-refractivity contribution < 1.29 is 150 Å². The van der Waals surface area contributed by atoms with E-state index in [1.54, 1.807) is 0 Å². The van der Waals surface area contributed by atoms with Gasteiger partial charge in [0.25, 0.3) is 0 Å². The van der Waals surface area contributed by atoms with Crippen LogP contribution in [0.1, 0.15) is 6.42 Å². The summed E-state index contributed by atoms with van der Waals surface area (Å²) in [6.07, 6.45) is -14.0. The predicted octanol–water partition coefficient (Wildman–Crippen LogP) is -5.29. The fourth-order valence-corrected chi connectivity index (χ4v) is 8.66. The van der Waals surface area contributed by atoms with E-state index in [-0.39, 0.29) is 0 Å². The maximum Gasteiger partial charge on any atom is 0.400 e. The van der Waals surface area contributed by atoms with Crippen LogP contribution in [0.15, 0.2) is 0 Å². The van der Waals surface area contributed by atoms with Gasteiger partial charge in [0.1, 0.15) is 18.8 Å². The van der Waals surface area contributed by atoms with Crippen LogP contribution in [0.5, 0.6) is 0 Å². The van der Waals surface area contributed by atoms with Crippen LogP contribution >= 0.6 is 0 Å². The second kappa shape index (κ2) is 22.3. The van der Waals surface area contributed by atoms with Crippen molar-refractivity contribution in [3.05, 3.63) is 0 Å². The molecule has 43 heteroatoms. The summed E-state index contributed by atoms with van der Waals surface area (Å²) in [4.78, 5) is 0. The lowest BCUT2D eigenvalue weighted by Gasteiger charge is -2.48. The zero-order valence-electron chi connectivity index (χ0n) is 31.8. The van der Waals surface area contributed by atoms with Gasteiger partial charge < -0.3 is 14.2 Å². The Morgan fingerprint density at radius 1 is 0.476 bits per heavy atom. The van der Waals surface area contributed by atoms with Crippen molar-refractivity contribution in [1.29, 1.82) is 0 Å². The molecule has 0 bridgehead atoms. The average Bonchev–Trinajstić information content (AvgIpc) is 3.39. The Balaban J connectivity index is 3.13. The first-order valence-electron chi connectivity index (χ1n) is 15.8. The lowest BCUT2D eigenvalue weighted by molar-refractivity contribution is -0.369. The molecule has 2 unspecified atom stereocenters. The highest BCUT2D eigenvalue weighted by atomic mass is 32.3. The first-order valence-corrected chi connectivity index (χ1v) is 26.6. The summed E-state index contributed by atoms with van der Waals surface area (Å²) in [6.45, 7) is -9.24. The molecule has 0 spiro atoms. The molecule has 0 saturated carbocycles. The summed E-state index contributed by atoms with van der Waals surface area (Å²) in [5, 5.41) is 0. The van der Waals surface area contributed by atoms with Crippen molar-refractivity contribution in [3.8, 4) is 0 Å². The van der Waals surface area contributed by atoms with Crippen LogP contribution in [0.2, 0.25) is 0 Å². The number of hydrogen-bond donors (Lipinski definition) is 4. The zero-order chi connectivity index (χ0) is 48.7. The molecule has 0 aromatic rings. The summed E-state index contributed by atoms with van der Waals surface area (Å²) >= 11 is 0. The van der Waals surface area contributed by atoms with E-state index < -0.39 is 184 Å². The third kappa shape index (κ3) is 19.9. The molecule has 9 atom stereocenters. The summed E-state index contributed by atoms with van der Waals surface area (Å²) < 4.78 is 301. The normalized spacial score (nSPS) is 28.3. The van der Waals surface area contributed by atoms with E-state index in [2.05, 4.69) is 41.8 Å². The van der Waals surface area contributed by atoms with Crippen LogP contribution in [0.3, 0.4) is 0 Å². The van der Waals surface area contributed by atoms with Gasteiger partial charge in [0.2, 0.25) is 5.79 Å². The van der Waals surface area contributed by atoms with Gasteiger partial charge in [-0.15, -0.1) is 0 Å². The number of rotatable bonds is 29. The van der Waals surface area contributed by atoms with Crippen LogP contribution in [0, 0.1) is 17.8 Å². The van der Waals surface area contributed by atoms with E-state index in [0.717, 1.165) is 0 Å². The van der Waals surface area contributed by atoms with Crippen molar-refractivity contribution in [2.75, 3.05) is 68.1 Å². The fourth-order valence-electron chi connectivity index (χ4n) is 5.40. The van der Waals surface area contributed by atoms with Gasteiger partial charge in [0.05, 0.1) is 67.6 Å². The lowest BCUT2D eigenvalue weighted by Crippen LogP contribution is -2.60. The van der Waals surface area contributed by atoms with Crippen LogP contribution in [-0.4, -0.2) is 190 Å². The quantitative estimate of drug-likeness (QED) is 0.0508. The van der Waals surface area contributed by atoms with E-state index in [1.165, 1.54) is 0 Å². The van der Waals surface area contributed by atoms with E-state index in [9.17, 15) is 81.0 Å². The van der Waals surface area contributed by atoms with Crippen molar-refractivity contribution in [1.82, 2.24) is 0 Å². The maximum atomic E-state index is 12.9. The summed E-state index contributed by atoms with van der Waals surface area (Å²) in [6, 6.07) is 0. The molecule has 0 aromatic carbocycles. The molecule has 376 valence electrons. The molecular weight excluding hydrogens is 1060 g/mol. The smallest absolute Gasteiger partial charge is 0.348 e. The molecular formula is C20H38O35S8. The van der Waals surface area contributed by atoms with E-state index in [4.69, 9.17) is 27.1 Å². The van der Waals surface area contributed by atoms with Gasteiger partial charge in [-0.1, -0.05) is 0 Å². The molecule has 2 saturated heterocycles. The Hall–Kier alpha value is -1.16. The SMILES string of the molecule is COS(=O)(=O)OC[C@H]1O[C@@](COS(=O)(=O)OC)(O[C@@H]2OC(CCOS(=O)(=O)O)[C@@H](COS(=O)(=O)O)[C@H](COS(=O)(=O)O)C2COS(=O)(=O)O)[C@H](OS(=O)(=O)OC)[C@@H]1OS(=O)(=O)OC. The van der Waals surface area contributed by atoms with Crippen LogP contribution < -0.4 is 0 Å². The van der Waals surface area contributed by atoms with E-state index >= 15 is 0 Å². The van der Waals surface area contributed by atoms with E-state index in [0.29, 0.717) is 28.4 Å². The highest BCUT2D eigenvalue weighted by Crippen LogP contribution is 2.45. The summed E-state index contributed by atoms with van der Waals surface area (Å²) in [5.41, 5.74) is 0. The predicted molar refractivity (Wildman–Crippen MR) is 188 cm³/mol. The Kier molecular flexibility index (Phi) is 20.5. The molecule has 2 heterocycles. The minimum absolute atomic E-state index is 0.424. The molecule has 2 fully saturated rings. The van der Waals surface area contributed by atoms with Gasteiger partial charge in [0.15, 0.2) is 12.4 Å². The maximum absolute atomic E-state index is 12.9. The van der Waals surface area contributed by atoms with Crippen LogP contribution in [0.25, 0.3) is 0 Å². The Morgan fingerprint density at radius 2 is 0.905 bits per heavy atom. The minimum Gasteiger partial charge on any atom is -0.348 e. The third-order valence-corrected chi connectivity index (χ3v) is 13.0. The molecule has 35 nitrogen and oxygen atoms in total. The van der Waals surface area contributed by atoms with Gasteiger partial charge in [-0.2, -0.15) is 67.3 Å². The van der Waals surface area contributed by atoms with E-state index in [1.807, 2.05) is 0 Å². The van der Waals surface area contributed by atoms with Crippen LogP contribution in [-0.2, 0) is 148 Å². The van der Waals surface area contributed by atoms with Crippen molar-refractivity contribution in [2.45, 2.75) is 42.9 Å². The van der Waals surface area contributed by atoms with Gasteiger partial charge in [-0.05, 0) is 6.42 Å². The highest BCUT2D eigenvalue weighted by Gasteiger charge is 2.64. The number of hydrogen-bond acceptors (Lipinski definition) is 31. The standard InChI is InChI=1S/C20H38O35S8/c1-41-60(33,34)49-10-16-17(54-62(37,38)43-3)18(55-63(39,40)44-4)20(52-16,11-50-61(35,36)42-2)53-19-14(9-48-59(30,31)32)12(7-46-57(24,25)26)13(8-47-58(27,28)29)15(51-19)5-6-45-56(21,22)23/h12-19H,5-11H2,1-4H3,(H,21,22,23)(H,24,25,26)(H,27,28,29)(H,30,31,32)/t12-,13-,14?,15?,16+,17+,18+,19-,20-/m0/s1. The van der Waals surface area contributed by atoms with Crippen LogP contribution in [0.4, 0.5) is 0 Å². The fraction of sp³-hybridized carbons (Fsp3) is 1.00. The molecule has 0 aromatic heterocycles. The molecule has 63 heavy (non-hydrogen) atoms.